The Morgan fingerprint density at radius 1 is 1.46 bits per heavy atom. The lowest BCUT2D eigenvalue weighted by atomic mass is 10.0. The van der Waals surface area contributed by atoms with Crippen LogP contribution in [0.1, 0.15) is 23.7 Å². The maximum atomic E-state index is 13.1. The highest BCUT2D eigenvalue weighted by atomic mass is 19.1. The first-order valence-corrected chi connectivity index (χ1v) is 4.13. The molecule has 0 heterocycles. The summed E-state index contributed by atoms with van der Waals surface area (Å²) in [5.74, 6) is -0.789. The Labute approximate surface area is 76.9 Å². The first-order chi connectivity index (χ1) is 6.16. The van der Waals surface area contributed by atoms with Gasteiger partial charge in [0.1, 0.15) is 5.82 Å². The first kappa shape index (κ1) is 9.65. The molecule has 1 aromatic rings. The number of rotatable bonds is 3. The van der Waals surface area contributed by atoms with Crippen LogP contribution in [0.25, 0.3) is 0 Å². The van der Waals surface area contributed by atoms with Gasteiger partial charge in [0.25, 0.3) is 0 Å². The molecule has 13 heavy (non-hydrogen) atoms. The smallest absolute Gasteiger partial charge is 0.191 e. The molecule has 2 heteroatoms. The Morgan fingerprint density at radius 2 is 2.08 bits per heavy atom. The van der Waals surface area contributed by atoms with Gasteiger partial charge in [0.05, 0.1) is 5.56 Å². The van der Waals surface area contributed by atoms with E-state index in [1.165, 1.54) is 12.1 Å². The van der Waals surface area contributed by atoms with Gasteiger partial charge < -0.3 is 0 Å². The summed E-state index contributed by atoms with van der Waals surface area (Å²) < 4.78 is 13.1. The molecule has 0 radical (unpaired) electrons. The summed E-state index contributed by atoms with van der Waals surface area (Å²) in [7, 11) is 0. The fourth-order valence-electron chi connectivity index (χ4n) is 0.996. The van der Waals surface area contributed by atoms with Crippen LogP contribution in [-0.4, -0.2) is 5.78 Å². The van der Waals surface area contributed by atoms with Gasteiger partial charge in [-0.15, -0.1) is 0 Å². The molecule has 0 unspecified atom stereocenters. The Morgan fingerprint density at radius 3 is 2.62 bits per heavy atom. The standard InChI is InChI=1S/C11H11FO/c1-3-8(2)11(13)9-6-4-5-7-10(9)12/h4-7H,2-3H2,1H3. The number of hydrogen-bond acceptors (Lipinski definition) is 1. The highest BCUT2D eigenvalue weighted by Crippen LogP contribution is 2.12. The largest absolute Gasteiger partial charge is 0.289 e. The van der Waals surface area contributed by atoms with E-state index in [0.717, 1.165) is 0 Å². The second-order valence-electron chi connectivity index (χ2n) is 2.77. The molecule has 0 aromatic heterocycles. The van der Waals surface area contributed by atoms with Crippen molar-refractivity contribution in [3.05, 3.63) is 47.8 Å². The third-order valence-corrected chi connectivity index (χ3v) is 1.87. The zero-order chi connectivity index (χ0) is 9.84. The lowest BCUT2D eigenvalue weighted by molar-refractivity contribution is 0.102. The van der Waals surface area contributed by atoms with Gasteiger partial charge in [0, 0.05) is 0 Å². The number of carbonyl (C=O) groups excluding carboxylic acids is 1. The van der Waals surface area contributed by atoms with E-state index in [1.54, 1.807) is 12.1 Å². The molecule has 1 nitrogen and oxygen atoms in total. The number of allylic oxidation sites excluding steroid dienone is 1. The van der Waals surface area contributed by atoms with Crippen LogP contribution >= 0.6 is 0 Å². The van der Waals surface area contributed by atoms with E-state index >= 15 is 0 Å². The van der Waals surface area contributed by atoms with E-state index in [-0.39, 0.29) is 11.3 Å². The summed E-state index contributed by atoms with van der Waals surface area (Å²) >= 11 is 0. The average Bonchev–Trinajstić information content (AvgIpc) is 2.16. The molecule has 0 aliphatic heterocycles. The van der Waals surface area contributed by atoms with Gasteiger partial charge >= 0.3 is 0 Å². The molecule has 1 aromatic carbocycles. The fraction of sp³-hybridized carbons (Fsp3) is 0.182. The maximum absolute atomic E-state index is 13.1. The third-order valence-electron chi connectivity index (χ3n) is 1.87. The predicted octanol–water partition coefficient (Wildman–Crippen LogP) is 2.97. The van der Waals surface area contributed by atoms with Crippen molar-refractivity contribution >= 4 is 5.78 Å². The molecule has 68 valence electrons. The molecule has 0 saturated heterocycles. The highest BCUT2D eigenvalue weighted by Gasteiger charge is 2.12. The minimum Gasteiger partial charge on any atom is -0.289 e. The van der Waals surface area contributed by atoms with Crippen LogP contribution in [0.4, 0.5) is 4.39 Å². The second kappa shape index (κ2) is 3.99. The Bertz CT molecular complexity index is 342. The number of hydrogen-bond donors (Lipinski definition) is 0. The van der Waals surface area contributed by atoms with Crippen LogP contribution in [-0.2, 0) is 0 Å². The van der Waals surface area contributed by atoms with Gasteiger partial charge in [-0.05, 0) is 24.1 Å². The second-order valence-corrected chi connectivity index (χ2v) is 2.77. The van der Waals surface area contributed by atoms with Gasteiger partial charge in [-0.2, -0.15) is 0 Å². The number of ketones is 1. The molecule has 0 amide bonds. The normalized spacial score (nSPS) is 9.69. The van der Waals surface area contributed by atoms with Gasteiger partial charge in [-0.1, -0.05) is 25.6 Å². The van der Waals surface area contributed by atoms with Crippen molar-refractivity contribution < 1.29 is 9.18 Å². The SMILES string of the molecule is C=C(CC)C(=O)c1ccccc1F. The number of carbonyl (C=O) groups is 1. The van der Waals surface area contributed by atoms with Crippen molar-refractivity contribution in [2.75, 3.05) is 0 Å². The van der Waals surface area contributed by atoms with Gasteiger partial charge in [0.15, 0.2) is 5.78 Å². The summed E-state index contributed by atoms with van der Waals surface area (Å²) in [6, 6.07) is 5.94. The zero-order valence-corrected chi connectivity index (χ0v) is 7.51. The van der Waals surface area contributed by atoms with Crippen molar-refractivity contribution in [2.45, 2.75) is 13.3 Å². The predicted molar refractivity (Wildman–Crippen MR) is 50.2 cm³/mol. The molecule has 0 spiro atoms. The van der Waals surface area contributed by atoms with Gasteiger partial charge in [-0.3, -0.25) is 4.79 Å². The molecular formula is C11H11FO. The van der Waals surface area contributed by atoms with E-state index < -0.39 is 5.82 Å². The first-order valence-electron chi connectivity index (χ1n) is 4.13. The molecule has 0 aliphatic rings. The quantitative estimate of drug-likeness (QED) is 0.513. The number of benzene rings is 1. The van der Waals surface area contributed by atoms with Crippen LogP contribution in [0.3, 0.4) is 0 Å². The molecule has 0 saturated carbocycles. The summed E-state index contributed by atoms with van der Waals surface area (Å²) in [5, 5.41) is 0. The molecule has 1 rings (SSSR count). The van der Waals surface area contributed by atoms with Crippen LogP contribution in [0, 0.1) is 5.82 Å². The van der Waals surface area contributed by atoms with Crippen molar-refractivity contribution in [3.63, 3.8) is 0 Å². The van der Waals surface area contributed by atoms with Crippen molar-refractivity contribution in [1.82, 2.24) is 0 Å². The number of Topliss-reactive ketones (excluding diaryl/α,β-unsaturated/α-hetero) is 1. The van der Waals surface area contributed by atoms with Crippen molar-refractivity contribution in [3.8, 4) is 0 Å². The highest BCUT2D eigenvalue weighted by molar-refractivity contribution is 6.08. The molecule has 0 bridgehead atoms. The number of halogens is 1. The van der Waals surface area contributed by atoms with E-state index in [4.69, 9.17) is 0 Å². The monoisotopic (exact) mass is 178 g/mol. The van der Waals surface area contributed by atoms with E-state index in [0.29, 0.717) is 12.0 Å². The Kier molecular flexibility index (Phi) is 2.96. The van der Waals surface area contributed by atoms with Crippen LogP contribution in [0.2, 0.25) is 0 Å². The van der Waals surface area contributed by atoms with E-state index in [1.807, 2.05) is 6.92 Å². The van der Waals surface area contributed by atoms with Crippen LogP contribution in [0.5, 0.6) is 0 Å². The summed E-state index contributed by atoms with van der Waals surface area (Å²) in [5.41, 5.74) is 0.541. The van der Waals surface area contributed by atoms with Gasteiger partial charge in [0.2, 0.25) is 0 Å². The molecule has 0 fully saturated rings. The maximum Gasteiger partial charge on any atom is 0.191 e. The van der Waals surface area contributed by atoms with Crippen LogP contribution < -0.4 is 0 Å². The minimum absolute atomic E-state index is 0.106. The molecule has 0 aliphatic carbocycles. The lowest BCUT2D eigenvalue weighted by Gasteiger charge is -2.02. The topological polar surface area (TPSA) is 17.1 Å². The minimum atomic E-state index is -0.484. The fourth-order valence-corrected chi connectivity index (χ4v) is 0.996. The molecule has 0 N–H and O–H groups in total. The lowest BCUT2D eigenvalue weighted by Crippen LogP contribution is -2.03. The zero-order valence-electron chi connectivity index (χ0n) is 7.51. The third kappa shape index (κ3) is 2.02. The Hall–Kier alpha value is -1.44. The summed E-state index contributed by atoms with van der Waals surface area (Å²) in [6.45, 7) is 5.39. The average molecular weight is 178 g/mol. The van der Waals surface area contributed by atoms with E-state index in [2.05, 4.69) is 6.58 Å². The molecular weight excluding hydrogens is 167 g/mol. The van der Waals surface area contributed by atoms with Gasteiger partial charge in [-0.25, -0.2) is 4.39 Å². The summed E-state index contributed by atoms with van der Waals surface area (Å²) in [6.07, 6.45) is 0.549. The summed E-state index contributed by atoms with van der Waals surface area (Å²) in [4.78, 5) is 11.5. The van der Waals surface area contributed by atoms with Crippen molar-refractivity contribution in [2.24, 2.45) is 0 Å². The van der Waals surface area contributed by atoms with E-state index in [9.17, 15) is 9.18 Å². The Balaban J connectivity index is 3.02. The van der Waals surface area contributed by atoms with Crippen molar-refractivity contribution in [1.29, 1.82) is 0 Å². The molecule has 0 atom stereocenters. The van der Waals surface area contributed by atoms with Crippen LogP contribution in [0.15, 0.2) is 36.4 Å².